The molecule has 0 aliphatic rings. The number of benzene rings is 3. The van der Waals surface area contributed by atoms with Crippen molar-refractivity contribution < 1.29 is 9.13 Å². The highest BCUT2D eigenvalue weighted by atomic mass is 32.1. The van der Waals surface area contributed by atoms with Crippen molar-refractivity contribution in [1.29, 1.82) is 0 Å². The third-order valence-electron chi connectivity index (χ3n) is 5.98. The molecule has 0 atom stereocenters. The van der Waals surface area contributed by atoms with Crippen LogP contribution in [0.1, 0.15) is 23.9 Å². The monoisotopic (exact) mass is 535 g/mol. The predicted octanol–water partition coefficient (Wildman–Crippen LogP) is 5.26. The number of nitrogens with zero attached hydrogens (tertiary/aromatic N) is 5. The minimum Gasteiger partial charge on any atom is -0.494 e. The topological polar surface area (TPSA) is 74.3 Å². The number of halogens is 1. The van der Waals surface area contributed by atoms with Gasteiger partial charge in [0.2, 0.25) is 4.96 Å². The van der Waals surface area contributed by atoms with E-state index in [1.54, 1.807) is 29.0 Å². The molecular formula is C30H22FN5O2S. The van der Waals surface area contributed by atoms with E-state index in [1.807, 2.05) is 73.8 Å². The summed E-state index contributed by atoms with van der Waals surface area (Å²) in [5.41, 5.74) is 3.68. The first-order chi connectivity index (χ1) is 19.1. The lowest BCUT2D eigenvalue weighted by Gasteiger charge is -2.01. The summed E-state index contributed by atoms with van der Waals surface area (Å²) in [4.78, 5) is 18.2. The number of thiazole rings is 1. The third-order valence-corrected chi connectivity index (χ3v) is 6.94. The predicted molar refractivity (Wildman–Crippen MR) is 151 cm³/mol. The average Bonchev–Trinajstić information content (AvgIpc) is 3.64. The van der Waals surface area contributed by atoms with Crippen LogP contribution in [0.3, 0.4) is 0 Å². The number of para-hydroxylation sites is 1. The van der Waals surface area contributed by atoms with E-state index in [0.29, 0.717) is 27.6 Å². The summed E-state index contributed by atoms with van der Waals surface area (Å²) in [6, 6.07) is 23.5. The van der Waals surface area contributed by atoms with Gasteiger partial charge in [-0.15, -0.1) is 5.10 Å². The number of fused-ring (bicyclic) bond motifs is 1. The van der Waals surface area contributed by atoms with Gasteiger partial charge in [-0.25, -0.2) is 9.07 Å². The van der Waals surface area contributed by atoms with E-state index in [0.717, 1.165) is 28.1 Å². The Kier molecular flexibility index (Phi) is 6.56. The number of aromatic nitrogens is 5. The van der Waals surface area contributed by atoms with Gasteiger partial charge in [0, 0.05) is 17.3 Å². The van der Waals surface area contributed by atoms with Crippen LogP contribution in [0.5, 0.6) is 5.75 Å². The Morgan fingerprint density at radius 2 is 1.72 bits per heavy atom. The maximum absolute atomic E-state index is 13.6. The van der Waals surface area contributed by atoms with Crippen LogP contribution in [0.15, 0.2) is 89.9 Å². The Bertz CT molecular complexity index is 1890. The van der Waals surface area contributed by atoms with Gasteiger partial charge in [0.05, 0.1) is 16.8 Å². The lowest BCUT2D eigenvalue weighted by Crippen LogP contribution is -2.23. The van der Waals surface area contributed by atoms with Crippen LogP contribution < -0.4 is 14.8 Å². The molecule has 9 heteroatoms. The first kappa shape index (κ1) is 24.4. The first-order valence-corrected chi connectivity index (χ1v) is 13.1. The second-order valence-corrected chi connectivity index (χ2v) is 9.64. The zero-order valence-corrected chi connectivity index (χ0v) is 21.7. The van der Waals surface area contributed by atoms with Crippen molar-refractivity contribution in [3.8, 4) is 22.7 Å². The van der Waals surface area contributed by atoms with E-state index >= 15 is 0 Å². The zero-order chi connectivity index (χ0) is 26.8. The summed E-state index contributed by atoms with van der Waals surface area (Å²) in [7, 11) is 0. The molecule has 0 spiro atoms. The van der Waals surface area contributed by atoms with E-state index in [1.165, 1.54) is 28.0 Å². The molecule has 0 saturated carbocycles. The van der Waals surface area contributed by atoms with Crippen LogP contribution in [-0.2, 0) is 0 Å². The van der Waals surface area contributed by atoms with Crippen LogP contribution >= 0.6 is 11.3 Å². The van der Waals surface area contributed by atoms with Gasteiger partial charge in [0.15, 0.2) is 5.82 Å². The van der Waals surface area contributed by atoms with Gasteiger partial charge < -0.3 is 4.74 Å². The maximum Gasteiger partial charge on any atom is 0.291 e. The largest absolute Gasteiger partial charge is 0.494 e. The molecule has 6 rings (SSSR count). The molecule has 3 heterocycles. The van der Waals surface area contributed by atoms with E-state index < -0.39 is 0 Å². The highest BCUT2D eigenvalue weighted by Crippen LogP contribution is 2.25. The van der Waals surface area contributed by atoms with Crippen molar-refractivity contribution >= 4 is 34.5 Å². The molecule has 0 radical (unpaired) electrons. The fourth-order valence-electron chi connectivity index (χ4n) is 4.11. The molecule has 0 fully saturated rings. The molecule has 3 aromatic carbocycles. The summed E-state index contributed by atoms with van der Waals surface area (Å²) in [6.45, 7) is 2.56. The Labute approximate surface area is 226 Å². The highest BCUT2D eigenvalue weighted by Gasteiger charge is 2.14. The Morgan fingerprint density at radius 3 is 2.44 bits per heavy atom. The highest BCUT2D eigenvalue weighted by molar-refractivity contribution is 7.15. The fourth-order valence-corrected chi connectivity index (χ4v) is 5.02. The molecule has 6 aromatic rings. The van der Waals surface area contributed by atoms with Gasteiger partial charge in [0.25, 0.3) is 5.56 Å². The van der Waals surface area contributed by atoms with Crippen molar-refractivity contribution in [2.24, 2.45) is 0 Å². The van der Waals surface area contributed by atoms with Gasteiger partial charge in [0.1, 0.15) is 17.3 Å². The van der Waals surface area contributed by atoms with E-state index in [2.05, 4.69) is 10.1 Å². The Balaban J connectivity index is 1.35. The minimum absolute atomic E-state index is 0.263. The molecular weight excluding hydrogens is 513 g/mol. The van der Waals surface area contributed by atoms with Crippen LogP contribution in [0.4, 0.5) is 4.39 Å². The van der Waals surface area contributed by atoms with Crippen LogP contribution in [-0.4, -0.2) is 31.0 Å². The fraction of sp³-hybridized carbons (Fsp3) is 0.0667. The summed E-state index contributed by atoms with van der Waals surface area (Å²) < 4.78 is 22.6. The van der Waals surface area contributed by atoms with E-state index in [-0.39, 0.29) is 11.4 Å². The molecule has 0 bridgehead atoms. The van der Waals surface area contributed by atoms with Gasteiger partial charge in [-0.2, -0.15) is 14.6 Å². The van der Waals surface area contributed by atoms with Crippen LogP contribution in [0.2, 0.25) is 0 Å². The van der Waals surface area contributed by atoms with Gasteiger partial charge in [-0.1, -0.05) is 47.7 Å². The number of ether oxygens (including phenoxy) is 1. The molecule has 0 N–H and O–H groups in total. The molecule has 0 unspecified atom stereocenters. The molecule has 0 saturated heterocycles. The number of rotatable bonds is 7. The first-order valence-electron chi connectivity index (χ1n) is 12.3. The molecule has 39 heavy (non-hydrogen) atoms. The third kappa shape index (κ3) is 5.12. The summed E-state index contributed by atoms with van der Waals surface area (Å²) >= 11 is 1.25. The summed E-state index contributed by atoms with van der Waals surface area (Å²) in [5, 5.41) is 9.13. The normalized spacial score (nSPS) is 12.1. The zero-order valence-electron chi connectivity index (χ0n) is 20.9. The van der Waals surface area contributed by atoms with Crippen LogP contribution in [0.25, 0.3) is 40.1 Å². The van der Waals surface area contributed by atoms with Crippen molar-refractivity contribution in [3.05, 3.63) is 123 Å². The van der Waals surface area contributed by atoms with E-state index in [4.69, 9.17) is 9.84 Å². The quantitative estimate of drug-likeness (QED) is 0.279. The lowest BCUT2D eigenvalue weighted by atomic mass is 10.1. The van der Waals surface area contributed by atoms with Crippen molar-refractivity contribution in [2.75, 3.05) is 6.61 Å². The molecule has 0 amide bonds. The van der Waals surface area contributed by atoms with Crippen molar-refractivity contribution in [3.63, 3.8) is 0 Å². The Morgan fingerprint density at radius 1 is 0.949 bits per heavy atom. The van der Waals surface area contributed by atoms with Gasteiger partial charge >= 0.3 is 0 Å². The van der Waals surface area contributed by atoms with Crippen molar-refractivity contribution in [2.45, 2.75) is 6.92 Å². The standard InChI is InChI=1S/C30H22FN5O2S/c1-2-38-25-15-8-20(9-16-25)10-17-27-32-30-36(33-27)29(37)26(39-30)18-22-19-35(24-6-4-3-5-7-24)34-28(22)21-11-13-23(31)14-12-21/h3-19H,2H2,1H3/b17-10+,26-18-. The molecule has 192 valence electrons. The lowest BCUT2D eigenvalue weighted by molar-refractivity contribution is 0.340. The molecule has 0 aliphatic carbocycles. The second-order valence-electron chi connectivity index (χ2n) is 8.64. The summed E-state index contributed by atoms with van der Waals surface area (Å²) in [5.74, 6) is 0.932. The Hall–Kier alpha value is -4.89. The number of hydrogen-bond donors (Lipinski definition) is 0. The second kappa shape index (κ2) is 10.5. The maximum atomic E-state index is 13.6. The molecule has 3 aromatic heterocycles. The van der Waals surface area contributed by atoms with Crippen molar-refractivity contribution in [1.82, 2.24) is 24.4 Å². The summed E-state index contributed by atoms with van der Waals surface area (Å²) in [6.07, 6.45) is 7.30. The van der Waals surface area contributed by atoms with Gasteiger partial charge in [-0.05, 0) is 73.2 Å². The minimum atomic E-state index is -0.327. The van der Waals surface area contributed by atoms with Gasteiger partial charge in [-0.3, -0.25) is 4.79 Å². The number of hydrogen-bond acceptors (Lipinski definition) is 6. The molecule has 0 aliphatic heterocycles. The molecule has 7 nitrogen and oxygen atoms in total. The van der Waals surface area contributed by atoms with E-state index in [9.17, 15) is 9.18 Å². The average molecular weight is 536 g/mol. The van der Waals surface area contributed by atoms with Crippen LogP contribution in [0, 0.1) is 5.82 Å². The SMILES string of the molecule is CCOc1ccc(/C=C/c2nc3s/c(=C\c4cn(-c5ccccc5)nc4-c4ccc(F)cc4)c(=O)n3n2)cc1. The smallest absolute Gasteiger partial charge is 0.291 e.